The summed E-state index contributed by atoms with van der Waals surface area (Å²) in [6, 6.07) is 42.6. The molecular weight excluding hydrogens is 383 g/mol. The van der Waals surface area contributed by atoms with Crippen LogP contribution in [-0.2, 0) is 0 Å². The van der Waals surface area contributed by atoms with Crippen LogP contribution in [0.2, 0.25) is 0 Å². The predicted octanol–water partition coefficient (Wildman–Crippen LogP) is 5.30. The summed E-state index contributed by atoms with van der Waals surface area (Å²) in [5.74, 6) is 0. The van der Waals surface area contributed by atoms with Gasteiger partial charge >= 0.3 is 0 Å². The van der Waals surface area contributed by atoms with Crippen molar-refractivity contribution in [2.24, 2.45) is 0 Å². The second-order valence-corrected chi connectivity index (χ2v) is 9.19. The van der Waals surface area contributed by atoms with Crippen LogP contribution in [0.5, 0.6) is 0 Å². The van der Waals surface area contributed by atoms with E-state index in [-0.39, 0.29) is 0 Å². The molecule has 0 aliphatic carbocycles. The lowest BCUT2D eigenvalue weighted by atomic mass is 10.2. The van der Waals surface area contributed by atoms with Gasteiger partial charge in [0.2, 0.25) is 0 Å². The molecule has 144 valence electrons. The van der Waals surface area contributed by atoms with Crippen LogP contribution >= 0.6 is 7.92 Å². The highest BCUT2D eigenvalue weighted by Gasteiger charge is 2.20. The highest BCUT2D eigenvalue weighted by Crippen LogP contribution is 2.35. The average Bonchev–Trinajstić information content (AvgIpc) is 3.32. The molecule has 0 N–H and O–H groups in total. The number of para-hydroxylation sites is 1. The Kier molecular flexibility index (Phi) is 5.25. The third kappa shape index (κ3) is 3.70. The number of hydrogen-bond acceptors (Lipinski definition) is 1. The van der Waals surface area contributed by atoms with Crippen molar-refractivity contribution in [3.8, 4) is 16.9 Å². The van der Waals surface area contributed by atoms with Crippen LogP contribution in [0.1, 0.15) is 0 Å². The van der Waals surface area contributed by atoms with Crippen LogP contribution in [0.25, 0.3) is 16.9 Å². The lowest BCUT2D eigenvalue weighted by Crippen LogP contribution is -2.23. The van der Waals surface area contributed by atoms with Gasteiger partial charge in [0.05, 0.1) is 11.4 Å². The molecule has 0 unspecified atom stereocenters. The van der Waals surface area contributed by atoms with Gasteiger partial charge in [-0.15, -0.1) is 0 Å². The zero-order valence-electron chi connectivity index (χ0n) is 16.5. The predicted molar refractivity (Wildman–Crippen MR) is 128 cm³/mol. The van der Waals surface area contributed by atoms with Crippen LogP contribution in [0.3, 0.4) is 0 Å². The maximum atomic E-state index is 4.91. The minimum Gasteiger partial charge on any atom is -0.240 e. The summed E-state index contributed by atoms with van der Waals surface area (Å²) in [5.41, 5.74) is 3.23. The molecule has 0 saturated heterocycles. The van der Waals surface area contributed by atoms with Gasteiger partial charge < -0.3 is 0 Å². The third-order valence-corrected chi connectivity index (χ3v) is 7.55. The third-order valence-electron chi connectivity index (χ3n) is 5.06. The maximum absolute atomic E-state index is 4.91. The van der Waals surface area contributed by atoms with E-state index < -0.39 is 7.92 Å². The van der Waals surface area contributed by atoms with Crippen molar-refractivity contribution in [3.63, 3.8) is 0 Å². The molecule has 0 aliphatic heterocycles. The second-order valence-electron chi connectivity index (χ2n) is 7.01. The first-order valence-corrected chi connectivity index (χ1v) is 11.3. The number of benzene rings is 4. The van der Waals surface area contributed by atoms with Gasteiger partial charge in [0.15, 0.2) is 0 Å². The fraction of sp³-hybridized carbons (Fsp3) is 0. The summed E-state index contributed by atoms with van der Waals surface area (Å²) >= 11 is 0. The summed E-state index contributed by atoms with van der Waals surface area (Å²) < 4.78 is 2.01. The molecule has 0 fully saturated rings. The Morgan fingerprint density at radius 1 is 0.533 bits per heavy atom. The molecule has 0 spiro atoms. The SMILES string of the molecule is c1ccc(-c2ccn(-c3ccccc3P(c3ccccc3)c3ccccc3)n2)cc1. The van der Waals surface area contributed by atoms with Crippen molar-refractivity contribution in [3.05, 3.63) is 128 Å². The monoisotopic (exact) mass is 404 g/mol. The fourth-order valence-electron chi connectivity index (χ4n) is 3.65. The Labute approximate surface area is 178 Å². The average molecular weight is 404 g/mol. The molecule has 0 bridgehead atoms. The van der Waals surface area contributed by atoms with Crippen molar-refractivity contribution in [1.29, 1.82) is 0 Å². The first-order valence-electron chi connectivity index (χ1n) is 10.0. The summed E-state index contributed by atoms with van der Waals surface area (Å²) in [6.45, 7) is 0. The molecule has 0 amide bonds. The molecule has 0 saturated carbocycles. The number of hydrogen-bond donors (Lipinski definition) is 0. The van der Waals surface area contributed by atoms with E-state index in [0.717, 1.165) is 16.9 Å². The zero-order valence-corrected chi connectivity index (χ0v) is 17.4. The largest absolute Gasteiger partial charge is 0.240 e. The van der Waals surface area contributed by atoms with E-state index in [1.165, 1.54) is 15.9 Å². The molecule has 0 atom stereocenters. The van der Waals surface area contributed by atoms with Gasteiger partial charge in [0, 0.05) is 17.1 Å². The van der Waals surface area contributed by atoms with E-state index in [9.17, 15) is 0 Å². The first kappa shape index (κ1) is 18.5. The lowest BCUT2D eigenvalue weighted by Gasteiger charge is -2.22. The smallest absolute Gasteiger partial charge is 0.0927 e. The van der Waals surface area contributed by atoms with Gasteiger partial charge in [-0.05, 0) is 30.7 Å². The molecule has 1 heterocycles. The van der Waals surface area contributed by atoms with Crippen LogP contribution in [-0.4, -0.2) is 9.78 Å². The van der Waals surface area contributed by atoms with E-state index in [1.54, 1.807) is 0 Å². The Morgan fingerprint density at radius 2 is 1.07 bits per heavy atom. The minimum absolute atomic E-state index is 0.696. The van der Waals surface area contributed by atoms with Crippen LogP contribution in [0.4, 0.5) is 0 Å². The molecule has 0 radical (unpaired) electrons. The van der Waals surface area contributed by atoms with E-state index >= 15 is 0 Å². The van der Waals surface area contributed by atoms with Crippen molar-refractivity contribution in [2.45, 2.75) is 0 Å². The standard InChI is InChI=1S/C27H21N2P/c1-4-12-22(13-5-1)25-20-21-29(28-25)26-18-10-11-19-27(26)30(23-14-6-2-7-15-23)24-16-8-3-9-17-24/h1-21H. The topological polar surface area (TPSA) is 17.8 Å². The number of rotatable bonds is 5. The van der Waals surface area contributed by atoms with Gasteiger partial charge in [-0.1, -0.05) is 109 Å². The van der Waals surface area contributed by atoms with E-state index in [4.69, 9.17) is 5.10 Å². The van der Waals surface area contributed by atoms with Gasteiger partial charge in [0.25, 0.3) is 0 Å². The summed E-state index contributed by atoms with van der Waals surface area (Å²) in [4.78, 5) is 0. The Balaban J connectivity index is 1.64. The lowest BCUT2D eigenvalue weighted by molar-refractivity contribution is 0.889. The van der Waals surface area contributed by atoms with Crippen molar-refractivity contribution >= 4 is 23.8 Å². The van der Waals surface area contributed by atoms with Crippen LogP contribution in [0.15, 0.2) is 128 Å². The molecule has 0 aliphatic rings. The molecule has 1 aromatic heterocycles. The molecule has 3 heteroatoms. The van der Waals surface area contributed by atoms with Crippen molar-refractivity contribution in [1.82, 2.24) is 9.78 Å². The van der Waals surface area contributed by atoms with E-state index in [2.05, 4.69) is 109 Å². The van der Waals surface area contributed by atoms with Gasteiger partial charge in [-0.3, -0.25) is 0 Å². The number of nitrogens with zero attached hydrogens (tertiary/aromatic N) is 2. The van der Waals surface area contributed by atoms with Gasteiger partial charge in [-0.2, -0.15) is 5.10 Å². The summed E-state index contributed by atoms with van der Waals surface area (Å²) in [5, 5.41) is 8.88. The van der Waals surface area contributed by atoms with Crippen molar-refractivity contribution < 1.29 is 0 Å². The second kappa shape index (κ2) is 8.49. The molecular formula is C27H21N2P. The summed E-state index contributed by atoms with van der Waals surface area (Å²) in [7, 11) is -0.696. The first-order chi connectivity index (χ1) is 14.9. The maximum Gasteiger partial charge on any atom is 0.0927 e. The number of aromatic nitrogens is 2. The van der Waals surface area contributed by atoms with E-state index in [0.29, 0.717) is 0 Å². The highest BCUT2D eigenvalue weighted by atomic mass is 31.1. The van der Waals surface area contributed by atoms with Crippen molar-refractivity contribution in [2.75, 3.05) is 0 Å². The van der Waals surface area contributed by atoms with Gasteiger partial charge in [0.1, 0.15) is 0 Å². The Bertz CT molecular complexity index is 1190. The highest BCUT2D eigenvalue weighted by molar-refractivity contribution is 7.80. The quantitative estimate of drug-likeness (QED) is 0.364. The minimum atomic E-state index is -0.696. The van der Waals surface area contributed by atoms with E-state index in [1.807, 2.05) is 22.9 Å². The molecule has 5 rings (SSSR count). The Hall–Kier alpha value is -3.48. The molecule has 5 aromatic rings. The normalized spacial score (nSPS) is 11.0. The van der Waals surface area contributed by atoms with Gasteiger partial charge in [-0.25, -0.2) is 4.68 Å². The summed E-state index contributed by atoms with van der Waals surface area (Å²) in [6.07, 6.45) is 2.06. The Morgan fingerprint density at radius 3 is 1.70 bits per heavy atom. The molecule has 30 heavy (non-hydrogen) atoms. The fourth-order valence-corrected chi connectivity index (χ4v) is 6.09. The van der Waals surface area contributed by atoms with Crippen LogP contribution in [0, 0.1) is 0 Å². The molecule has 2 nitrogen and oxygen atoms in total. The van der Waals surface area contributed by atoms with Crippen LogP contribution < -0.4 is 15.9 Å². The zero-order chi connectivity index (χ0) is 20.2. The molecule has 4 aromatic carbocycles.